The number of hydrogen-bond acceptors (Lipinski definition) is 1. The van der Waals surface area contributed by atoms with Crippen LogP contribution in [0.3, 0.4) is 0 Å². The van der Waals surface area contributed by atoms with Gasteiger partial charge in [0.2, 0.25) is 0 Å². The number of rotatable bonds is 7. The Hall–Kier alpha value is -0.0400. The molecule has 2 aliphatic carbocycles. The minimum atomic E-state index is 0.0111. The molecule has 0 aromatic heterocycles. The third-order valence-corrected chi connectivity index (χ3v) is 6.39. The van der Waals surface area contributed by atoms with Crippen molar-refractivity contribution in [2.45, 2.75) is 103 Å². The molecule has 0 heterocycles. The predicted molar refractivity (Wildman–Crippen MR) is 91.3 cm³/mol. The summed E-state index contributed by atoms with van der Waals surface area (Å²) in [5, 5.41) is 10.6. The summed E-state index contributed by atoms with van der Waals surface area (Å²) < 4.78 is 0. The van der Waals surface area contributed by atoms with Gasteiger partial charge in [0.1, 0.15) is 0 Å². The van der Waals surface area contributed by atoms with E-state index in [-0.39, 0.29) is 6.10 Å². The van der Waals surface area contributed by atoms with Gasteiger partial charge in [-0.2, -0.15) is 0 Å². The summed E-state index contributed by atoms with van der Waals surface area (Å²) in [5.41, 5.74) is 0. The highest BCUT2D eigenvalue weighted by Crippen LogP contribution is 2.43. The van der Waals surface area contributed by atoms with Crippen LogP contribution in [0.4, 0.5) is 0 Å². The average molecular weight is 295 g/mol. The molecule has 0 bridgehead atoms. The molecule has 0 spiro atoms. The molecule has 2 saturated carbocycles. The lowest BCUT2D eigenvalue weighted by molar-refractivity contribution is -0.000388. The van der Waals surface area contributed by atoms with Crippen molar-refractivity contribution in [1.29, 1.82) is 0 Å². The summed E-state index contributed by atoms with van der Waals surface area (Å²) in [6.45, 7) is 4.57. The number of aliphatic hydroxyl groups excluding tert-OH is 1. The molecular weight excluding hydrogens is 256 g/mol. The van der Waals surface area contributed by atoms with Crippen molar-refractivity contribution < 1.29 is 5.11 Å². The topological polar surface area (TPSA) is 20.2 Å². The Bertz CT molecular complexity index is 267. The van der Waals surface area contributed by atoms with Crippen molar-refractivity contribution in [3.8, 4) is 0 Å². The summed E-state index contributed by atoms with van der Waals surface area (Å²) in [6, 6.07) is 0. The fourth-order valence-corrected chi connectivity index (χ4v) is 5.06. The van der Waals surface area contributed by atoms with Crippen LogP contribution in [-0.2, 0) is 0 Å². The fraction of sp³-hybridized carbons (Fsp3) is 1.00. The van der Waals surface area contributed by atoms with Gasteiger partial charge < -0.3 is 5.11 Å². The minimum Gasteiger partial charge on any atom is -0.393 e. The Morgan fingerprint density at radius 3 is 2.10 bits per heavy atom. The zero-order valence-electron chi connectivity index (χ0n) is 14.5. The van der Waals surface area contributed by atoms with Gasteiger partial charge >= 0.3 is 0 Å². The molecule has 21 heavy (non-hydrogen) atoms. The molecule has 3 atom stereocenters. The first-order valence-electron chi connectivity index (χ1n) is 9.92. The van der Waals surface area contributed by atoms with Gasteiger partial charge in [0, 0.05) is 0 Å². The van der Waals surface area contributed by atoms with Gasteiger partial charge in [-0.15, -0.1) is 0 Å². The molecule has 0 aliphatic heterocycles. The normalized spacial score (nSPS) is 37.6. The lowest BCUT2D eigenvalue weighted by Gasteiger charge is -2.41. The van der Waals surface area contributed by atoms with Gasteiger partial charge in [-0.3, -0.25) is 0 Å². The van der Waals surface area contributed by atoms with Crippen LogP contribution >= 0.6 is 0 Å². The van der Waals surface area contributed by atoms with Gasteiger partial charge in [0.05, 0.1) is 6.10 Å². The van der Waals surface area contributed by atoms with Gasteiger partial charge in [0.15, 0.2) is 0 Å². The van der Waals surface area contributed by atoms with Crippen LogP contribution in [0.15, 0.2) is 0 Å². The van der Waals surface area contributed by atoms with Crippen LogP contribution < -0.4 is 0 Å². The van der Waals surface area contributed by atoms with Crippen molar-refractivity contribution >= 4 is 0 Å². The summed E-state index contributed by atoms with van der Waals surface area (Å²) in [7, 11) is 0. The van der Waals surface area contributed by atoms with Crippen LogP contribution in [-0.4, -0.2) is 11.2 Å². The van der Waals surface area contributed by atoms with E-state index in [1.54, 1.807) is 0 Å². The highest BCUT2D eigenvalue weighted by molar-refractivity contribution is 4.86. The molecule has 2 fully saturated rings. The molecular formula is C20H38O. The maximum absolute atomic E-state index is 10.6. The first-order chi connectivity index (χ1) is 10.2. The molecule has 1 N–H and O–H groups in total. The monoisotopic (exact) mass is 294 g/mol. The van der Waals surface area contributed by atoms with E-state index in [9.17, 15) is 5.11 Å². The molecule has 1 nitrogen and oxygen atoms in total. The molecule has 0 saturated heterocycles. The third kappa shape index (κ3) is 5.27. The maximum atomic E-state index is 10.6. The maximum Gasteiger partial charge on any atom is 0.0573 e. The van der Waals surface area contributed by atoms with Crippen LogP contribution in [0.2, 0.25) is 0 Å². The molecule has 124 valence electrons. The molecule has 2 aliphatic rings. The second-order valence-electron chi connectivity index (χ2n) is 7.98. The Morgan fingerprint density at radius 2 is 1.48 bits per heavy atom. The molecule has 3 unspecified atom stereocenters. The van der Waals surface area contributed by atoms with Gasteiger partial charge in [0.25, 0.3) is 0 Å². The highest BCUT2D eigenvalue weighted by atomic mass is 16.3. The van der Waals surface area contributed by atoms with Crippen molar-refractivity contribution in [3.63, 3.8) is 0 Å². The first kappa shape index (κ1) is 17.3. The largest absolute Gasteiger partial charge is 0.393 e. The van der Waals surface area contributed by atoms with Gasteiger partial charge in [-0.25, -0.2) is 0 Å². The Balaban J connectivity index is 1.70. The molecule has 1 heteroatoms. The molecule has 0 radical (unpaired) electrons. The van der Waals surface area contributed by atoms with E-state index in [4.69, 9.17) is 0 Å². The van der Waals surface area contributed by atoms with E-state index >= 15 is 0 Å². The van der Waals surface area contributed by atoms with Crippen LogP contribution in [0.5, 0.6) is 0 Å². The summed E-state index contributed by atoms with van der Waals surface area (Å²) in [5.74, 6) is 3.28. The van der Waals surface area contributed by atoms with Crippen LogP contribution in [0.1, 0.15) is 97.3 Å². The van der Waals surface area contributed by atoms with Crippen molar-refractivity contribution in [2.24, 2.45) is 23.7 Å². The predicted octanol–water partition coefficient (Wildman–Crippen LogP) is 5.95. The Morgan fingerprint density at radius 1 is 0.762 bits per heavy atom. The Labute approximate surface area is 132 Å². The minimum absolute atomic E-state index is 0.0111. The van der Waals surface area contributed by atoms with E-state index in [2.05, 4.69) is 13.8 Å². The molecule has 0 aromatic carbocycles. The highest BCUT2D eigenvalue weighted by Gasteiger charge is 2.35. The zero-order chi connectivity index (χ0) is 15.1. The Kier molecular flexibility index (Phi) is 7.57. The molecule has 2 rings (SSSR count). The second kappa shape index (κ2) is 9.18. The number of unbranched alkanes of at least 4 members (excludes halogenated alkanes) is 2. The lowest BCUT2D eigenvalue weighted by Crippen LogP contribution is -2.36. The number of hydrogen-bond donors (Lipinski definition) is 1. The lowest BCUT2D eigenvalue weighted by atomic mass is 9.67. The van der Waals surface area contributed by atoms with Crippen molar-refractivity contribution in [3.05, 3.63) is 0 Å². The van der Waals surface area contributed by atoms with E-state index < -0.39 is 0 Å². The standard InChI is InChI=1S/C20H38O/c1-3-5-6-8-16-9-12-18(13-10-16)19-14-11-17(7-4-2)15-20(19)21/h16-21H,3-15H2,1-2H3. The van der Waals surface area contributed by atoms with Crippen LogP contribution in [0.25, 0.3) is 0 Å². The number of aliphatic hydroxyl groups is 1. The summed E-state index contributed by atoms with van der Waals surface area (Å²) in [4.78, 5) is 0. The zero-order valence-corrected chi connectivity index (χ0v) is 14.5. The van der Waals surface area contributed by atoms with E-state index in [1.807, 2.05) is 0 Å². The molecule has 0 aromatic rings. The fourth-order valence-electron chi connectivity index (χ4n) is 5.06. The average Bonchev–Trinajstić information content (AvgIpc) is 2.49. The first-order valence-corrected chi connectivity index (χ1v) is 9.92. The smallest absolute Gasteiger partial charge is 0.0573 e. The third-order valence-electron chi connectivity index (χ3n) is 6.39. The van der Waals surface area contributed by atoms with E-state index in [0.717, 1.165) is 24.2 Å². The summed E-state index contributed by atoms with van der Waals surface area (Å²) in [6.07, 6.45) is 17.7. The quantitative estimate of drug-likeness (QED) is 0.575. The second-order valence-corrected chi connectivity index (χ2v) is 7.98. The van der Waals surface area contributed by atoms with Gasteiger partial charge in [-0.1, -0.05) is 65.2 Å². The van der Waals surface area contributed by atoms with Crippen molar-refractivity contribution in [1.82, 2.24) is 0 Å². The van der Waals surface area contributed by atoms with E-state index in [1.165, 1.54) is 77.0 Å². The van der Waals surface area contributed by atoms with Crippen molar-refractivity contribution in [2.75, 3.05) is 0 Å². The SMILES string of the molecule is CCCCCC1CCC(C2CCC(CCC)CC2O)CC1. The van der Waals surface area contributed by atoms with Crippen LogP contribution in [0, 0.1) is 23.7 Å². The molecule has 0 amide bonds. The van der Waals surface area contributed by atoms with Gasteiger partial charge in [-0.05, 0) is 55.8 Å². The summed E-state index contributed by atoms with van der Waals surface area (Å²) >= 11 is 0. The van der Waals surface area contributed by atoms with E-state index in [0.29, 0.717) is 5.92 Å².